The van der Waals surface area contributed by atoms with Crippen molar-refractivity contribution < 1.29 is 14.6 Å². The minimum atomic E-state index is -1.20. The lowest BCUT2D eigenvalue weighted by Crippen LogP contribution is -2.51. The van der Waals surface area contributed by atoms with Crippen molar-refractivity contribution >= 4 is 16.7 Å². The van der Waals surface area contributed by atoms with Crippen LogP contribution in [0.4, 0.5) is 0 Å². The van der Waals surface area contributed by atoms with Gasteiger partial charge in [0.1, 0.15) is 11.4 Å². The van der Waals surface area contributed by atoms with Crippen molar-refractivity contribution in [3.8, 4) is 0 Å². The molecule has 162 valence electrons. The highest BCUT2D eigenvalue weighted by Crippen LogP contribution is 2.68. The van der Waals surface area contributed by atoms with E-state index in [1.807, 2.05) is 0 Å². The second-order valence-electron chi connectivity index (χ2n) is 11.3. The van der Waals surface area contributed by atoms with E-state index in [1.54, 1.807) is 19.9 Å². The summed E-state index contributed by atoms with van der Waals surface area (Å²) in [7, 11) is 0. The van der Waals surface area contributed by atoms with E-state index in [2.05, 4.69) is 49.2 Å². The zero-order valence-electron chi connectivity index (χ0n) is 18.8. The van der Waals surface area contributed by atoms with Crippen LogP contribution in [0.25, 0.3) is 10.9 Å². The summed E-state index contributed by atoms with van der Waals surface area (Å²) < 4.78 is 6.10. The summed E-state index contributed by atoms with van der Waals surface area (Å²) in [5, 5.41) is 11.8. The maximum Gasteiger partial charge on any atom is 0.199 e. The van der Waals surface area contributed by atoms with Gasteiger partial charge in [0.15, 0.2) is 11.9 Å². The van der Waals surface area contributed by atoms with Crippen LogP contribution in [0, 0.1) is 16.7 Å². The number of para-hydroxylation sites is 1. The third-order valence-corrected chi connectivity index (χ3v) is 8.70. The monoisotopic (exact) mass is 417 g/mol. The molecule has 0 spiro atoms. The molecule has 0 saturated heterocycles. The van der Waals surface area contributed by atoms with Crippen molar-refractivity contribution in [2.75, 3.05) is 0 Å². The van der Waals surface area contributed by atoms with E-state index in [4.69, 9.17) is 4.74 Å². The molecule has 0 bridgehead atoms. The first-order chi connectivity index (χ1) is 14.6. The molecule has 1 aromatic heterocycles. The Balaban J connectivity index is 1.46. The molecule has 31 heavy (non-hydrogen) atoms. The summed E-state index contributed by atoms with van der Waals surface area (Å²) >= 11 is 0. The summed E-state index contributed by atoms with van der Waals surface area (Å²) in [6, 6.07) is 8.66. The fourth-order valence-corrected chi connectivity index (χ4v) is 7.44. The van der Waals surface area contributed by atoms with Crippen molar-refractivity contribution in [3.05, 3.63) is 59.0 Å². The molecule has 1 aliphatic heterocycles. The first-order valence-corrected chi connectivity index (χ1v) is 11.6. The number of aromatic nitrogens is 1. The van der Waals surface area contributed by atoms with Gasteiger partial charge in [-0.25, -0.2) is 0 Å². The molecule has 5 atom stereocenters. The number of aromatic amines is 1. The fourth-order valence-electron chi connectivity index (χ4n) is 7.44. The number of carbonyl (C=O) groups excluding carboxylic acids is 1. The zero-order chi connectivity index (χ0) is 21.8. The second kappa shape index (κ2) is 5.92. The number of hydrogen-bond acceptors (Lipinski definition) is 3. The van der Waals surface area contributed by atoms with E-state index >= 15 is 0 Å². The van der Waals surface area contributed by atoms with Gasteiger partial charge in [0, 0.05) is 28.1 Å². The van der Waals surface area contributed by atoms with E-state index in [0.717, 1.165) is 37.0 Å². The molecule has 1 saturated carbocycles. The highest BCUT2D eigenvalue weighted by molar-refractivity contribution is 5.97. The molecule has 4 nitrogen and oxygen atoms in total. The number of allylic oxidation sites excluding steroid dienone is 2. The predicted molar refractivity (Wildman–Crippen MR) is 121 cm³/mol. The van der Waals surface area contributed by atoms with Crippen LogP contribution in [0.5, 0.6) is 0 Å². The van der Waals surface area contributed by atoms with E-state index in [0.29, 0.717) is 5.92 Å². The molecule has 6 rings (SSSR count). The number of rotatable bonds is 1. The van der Waals surface area contributed by atoms with Crippen molar-refractivity contribution in [2.45, 2.75) is 71.0 Å². The van der Waals surface area contributed by atoms with Crippen LogP contribution in [-0.2, 0) is 16.0 Å². The summed E-state index contributed by atoms with van der Waals surface area (Å²) in [5.41, 5.74) is 4.24. The van der Waals surface area contributed by atoms with Gasteiger partial charge in [0.2, 0.25) is 0 Å². The fraction of sp³-hybridized carbons (Fsp3) is 0.519. The van der Waals surface area contributed by atoms with Crippen LogP contribution in [0.3, 0.4) is 0 Å². The maximum atomic E-state index is 12.9. The van der Waals surface area contributed by atoms with Gasteiger partial charge in [-0.1, -0.05) is 32.0 Å². The smallest absolute Gasteiger partial charge is 0.199 e. The normalized spacial score (nSPS) is 36.7. The Hall–Kier alpha value is -2.33. The van der Waals surface area contributed by atoms with Gasteiger partial charge in [-0.2, -0.15) is 0 Å². The SMILES string of the molecule is CC(C)(O)C1OC2=CCC3(C)C(CCC4(C)Cc5c([nH]c6ccccc56)C43)C2=CC1=O. The topological polar surface area (TPSA) is 62.3 Å². The molecular weight excluding hydrogens is 386 g/mol. The third-order valence-electron chi connectivity index (χ3n) is 8.70. The number of fused-ring (bicyclic) bond motifs is 9. The largest absolute Gasteiger partial charge is 0.479 e. The zero-order valence-corrected chi connectivity index (χ0v) is 18.8. The molecule has 2 N–H and O–H groups in total. The number of carbonyl (C=O) groups is 1. The average molecular weight is 418 g/mol. The number of ether oxygens (including phenoxy) is 1. The van der Waals surface area contributed by atoms with Crippen LogP contribution in [0.1, 0.15) is 64.1 Å². The standard InChI is InChI=1S/C27H31NO3/c1-25(2,30)24-20(29)13-16-18-9-11-26(3)14-17-15-7-5-6-8-19(15)28-22(17)23(26)27(18,4)12-10-21(16)31-24/h5-8,10,13,18,23-24,28,30H,9,11-12,14H2,1-4H3. The summed E-state index contributed by atoms with van der Waals surface area (Å²) in [5.74, 6) is 1.40. The minimum Gasteiger partial charge on any atom is -0.479 e. The van der Waals surface area contributed by atoms with Crippen molar-refractivity contribution in [2.24, 2.45) is 16.7 Å². The molecule has 3 aliphatic carbocycles. The summed E-state index contributed by atoms with van der Waals surface area (Å²) in [4.78, 5) is 16.7. The molecular formula is C27H31NO3. The Labute approximate surface area is 183 Å². The Morgan fingerprint density at radius 2 is 2.00 bits per heavy atom. The lowest BCUT2D eigenvalue weighted by atomic mass is 9.48. The van der Waals surface area contributed by atoms with Crippen molar-refractivity contribution in [3.63, 3.8) is 0 Å². The second-order valence-corrected chi connectivity index (χ2v) is 11.3. The van der Waals surface area contributed by atoms with Crippen LogP contribution < -0.4 is 0 Å². The number of ketones is 1. The average Bonchev–Trinajstić information content (AvgIpc) is 3.18. The Morgan fingerprint density at radius 1 is 1.23 bits per heavy atom. The Kier molecular flexibility index (Phi) is 3.70. The predicted octanol–water partition coefficient (Wildman–Crippen LogP) is 5.18. The molecule has 4 aliphatic rings. The van der Waals surface area contributed by atoms with Gasteiger partial charge in [-0.05, 0) is 80.1 Å². The molecule has 4 heteroatoms. The molecule has 2 aromatic rings. The summed E-state index contributed by atoms with van der Waals surface area (Å²) in [6.07, 6.45) is 7.38. The van der Waals surface area contributed by atoms with Gasteiger partial charge < -0.3 is 14.8 Å². The Morgan fingerprint density at radius 3 is 2.77 bits per heavy atom. The van der Waals surface area contributed by atoms with Crippen LogP contribution in [-0.4, -0.2) is 27.6 Å². The lowest BCUT2D eigenvalue weighted by molar-refractivity contribution is -0.139. The molecule has 0 amide bonds. The van der Waals surface area contributed by atoms with Crippen LogP contribution >= 0.6 is 0 Å². The van der Waals surface area contributed by atoms with Gasteiger partial charge >= 0.3 is 0 Å². The minimum absolute atomic E-state index is 0.0274. The van der Waals surface area contributed by atoms with Crippen LogP contribution in [0.2, 0.25) is 0 Å². The number of H-pyrrole nitrogens is 1. The van der Waals surface area contributed by atoms with E-state index < -0.39 is 11.7 Å². The highest BCUT2D eigenvalue weighted by Gasteiger charge is 2.60. The van der Waals surface area contributed by atoms with Gasteiger partial charge in [-0.3, -0.25) is 4.79 Å². The quantitative estimate of drug-likeness (QED) is 0.672. The first-order valence-electron chi connectivity index (χ1n) is 11.6. The lowest BCUT2D eigenvalue weighted by Gasteiger charge is -2.56. The van der Waals surface area contributed by atoms with Crippen molar-refractivity contribution in [1.29, 1.82) is 0 Å². The number of aliphatic hydroxyl groups is 1. The van der Waals surface area contributed by atoms with Crippen LogP contribution in [0.15, 0.2) is 47.7 Å². The number of hydrogen-bond donors (Lipinski definition) is 2. The number of nitrogens with one attached hydrogen (secondary N) is 1. The van der Waals surface area contributed by atoms with Gasteiger partial charge in [0.25, 0.3) is 0 Å². The maximum absolute atomic E-state index is 12.9. The van der Waals surface area contributed by atoms with E-state index in [1.165, 1.54) is 22.2 Å². The number of benzene rings is 1. The van der Waals surface area contributed by atoms with Crippen molar-refractivity contribution in [1.82, 2.24) is 4.98 Å². The van der Waals surface area contributed by atoms with Gasteiger partial charge in [0.05, 0.1) is 0 Å². The molecule has 1 fully saturated rings. The van der Waals surface area contributed by atoms with E-state index in [9.17, 15) is 9.90 Å². The highest BCUT2D eigenvalue weighted by atomic mass is 16.5. The van der Waals surface area contributed by atoms with Gasteiger partial charge in [-0.15, -0.1) is 0 Å². The first kappa shape index (κ1) is 19.4. The summed E-state index contributed by atoms with van der Waals surface area (Å²) in [6.45, 7) is 8.16. The Bertz CT molecular complexity index is 1180. The molecule has 1 aromatic carbocycles. The molecule has 2 heterocycles. The molecule has 0 radical (unpaired) electrons. The third kappa shape index (κ3) is 2.48. The molecule has 5 unspecified atom stereocenters. The van der Waals surface area contributed by atoms with E-state index in [-0.39, 0.29) is 22.5 Å².